The van der Waals surface area contributed by atoms with Gasteiger partial charge in [0.15, 0.2) is 5.96 Å². The lowest BCUT2D eigenvalue weighted by Crippen LogP contribution is -2.47. The normalized spacial score (nSPS) is 27.1. The summed E-state index contributed by atoms with van der Waals surface area (Å²) in [7, 11) is -3.09. The van der Waals surface area contributed by atoms with E-state index in [1.54, 1.807) is 4.31 Å². The van der Waals surface area contributed by atoms with E-state index < -0.39 is 10.0 Å². The first-order chi connectivity index (χ1) is 14.0. The molecule has 2 unspecified atom stereocenters. The standard InChI is InChI=1S/C20H38N4O4S.HI/c1-3-21-20(22-14-17-7-12-24(15-17)29(2,25)26)23-10-8-18(9-11-23)28-16-19-6-4-5-13-27-19;/h17-19H,3-16H2,1-2H3,(H,21,22);1H. The number of nitrogens with zero attached hydrogens (tertiary/aromatic N) is 3. The summed E-state index contributed by atoms with van der Waals surface area (Å²) >= 11 is 0. The van der Waals surface area contributed by atoms with Gasteiger partial charge in [-0.3, -0.25) is 4.99 Å². The number of guanidine groups is 1. The smallest absolute Gasteiger partial charge is 0.211 e. The number of likely N-dealkylation sites (tertiary alicyclic amines) is 1. The van der Waals surface area contributed by atoms with Crippen molar-refractivity contribution in [1.82, 2.24) is 14.5 Å². The second-order valence-electron chi connectivity index (χ2n) is 8.48. The van der Waals surface area contributed by atoms with Gasteiger partial charge in [0.05, 0.1) is 25.1 Å². The maximum absolute atomic E-state index is 11.7. The Bertz CT molecular complexity index is 635. The highest BCUT2D eigenvalue weighted by molar-refractivity contribution is 14.0. The van der Waals surface area contributed by atoms with Crippen molar-refractivity contribution in [1.29, 1.82) is 0 Å². The van der Waals surface area contributed by atoms with Gasteiger partial charge in [-0.25, -0.2) is 12.7 Å². The van der Waals surface area contributed by atoms with Crippen molar-refractivity contribution in [2.45, 2.75) is 57.7 Å². The molecule has 0 aromatic carbocycles. The molecule has 0 bridgehead atoms. The fourth-order valence-electron chi connectivity index (χ4n) is 4.31. The molecule has 8 nitrogen and oxygen atoms in total. The van der Waals surface area contributed by atoms with E-state index in [1.807, 2.05) is 0 Å². The maximum Gasteiger partial charge on any atom is 0.211 e. The monoisotopic (exact) mass is 558 g/mol. The highest BCUT2D eigenvalue weighted by atomic mass is 127. The van der Waals surface area contributed by atoms with Crippen LogP contribution in [-0.2, 0) is 19.5 Å². The minimum Gasteiger partial charge on any atom is -0.376 e. The Morgan fingerprint density at radius 1 is 1.17 bits per heavy atom. The summed E-state index contributed by atoms with van der Waals surface area (Å²) < 4.78 is 36.9. The summed E-state index contributed by atoms with van der Waals surface area (Å²) in [6.07, 6.45) is 8.30. The number of nitrogens with one attached hydrogen (secondary N) is 1. The average molecular weight is 559 g/mol. The van der Waals surface area contributed by atoms with E-state index in [9.17, 15) is 8.42 Å². The van der Waals surface area contributed by atoms with Crippen molar-refractivity contribution in [2.75, 3.05) is 58.7 Å². The Labute approximate surface area is 199 Å². The number of aliphatic imine (C=N–C) groups is 1. The van der Waals surface area contributed by atoms with Gasteiger partial charge in [0, 0.05) is 45.9 Å². The Morgan fingerprint density at radius 2 is 1.93 bits per heavy atom. The fourth-order valence-corrected chi connectivity index (χ4v) is 5.22. The van der Waals surface area contributed by atoms with Gasteiger partial charge in [0.2, 0.25) is 10.0 Å². The molecule has 176 valence electrons. The maximum atomic E-state index is 11.7. The van der Waals surface area contributed by atoms with E-state index >= 15 is 0 Å². The zero-order valence-electron chi connectivity index (χ0n) is 18.4. The van der Waals surface area contributed by atoms with E-state index in [4.69, 9.17) is 14.5 Å². The molecule has 0 aliphatic carbocycles. The van der Waals surface area contributed by atoms with Gasteiger partial charge in [-0.15, -0.1) is 24.0 Å². The lowest BCUT2D eigenvalue weighted by Gasteiger charge is -2.35. The number of halogens is 1. The first kappa shape index (κ1) is 26.1. The van der Waals surface area contributed by atoms with Gasteiger partial charge in [0.25, 0.3) is 0 Å². The Balaban J connectivity index is 0.00000320. The van der Waals surface area contributed by atoms with E-state index in [-0.39, 0.29) is 30.1 Å². The van der Waals surface area contributed by atoms with Crippen molar-refractivity contribution in [3.8, 4) is 0 Å². The van der Waals surface area contributed by atoms with E-state index in [0.29, 0.717) is 31.7 Å². The van der Waals surface area contributed by atoms with Crippen molar-refractivity contribution >= 4 is 40.0 Å². The van der Waals surface area contributed by atoms with E-state index in [1.165, 1.54) is 19.1 Å². The first-order valence-corrected chi connectivity index (χ1v) is 13.0. The van der Waals surface area contributed by atoms with Crippen LogP contribution in [0.25, 0.3) is 0 Å². The van der Waals surface area contributed by atoms with Crippen LogP contribution in [0.15, 0.2) is 4.99 Å². The third kappa shape index (κ3) is 8.07. The molecule has 1 N–H and O–H groups in total. The minimum atomic E-state index is -3.09. The van der Waals surface area contributed by atoms with Gasteiger partial charge in [-0.1, -0.05) is 0 Å². The average Bonchev–Trinajstić information content (AvgIpc) is 3.20. The summed E-state index contributed by atoms with van der Waals surface area (Å²) in [5.41, 5.74) is 0. The summed E-state index contributed by atoms with van der Waals surface area (Å²) in [6.45, 7) is 8.23. The highest BCUT2D eigenvalue weighted by Crippen LogP contribution is 2.20. The molecule has 3 rings (SSSR count). The zero-order chi connectivity index (χ0) is 20.7. The second kappa shape index (κ2) is 12.8. The predicted molar refractivity (Wildman–Crippen MR) is 130 cm³/mol. The molecule has 0 spiro atoms. The Morgan fingerprint density at radius 3 is 2.53 bits per heavy atom. The quantitative estimate of drug-likeness (QED) is 0.292. The molecule has 0 saturated carbocycles. The molecular weight excluding hydrogens is 519 g/mol. The van der Waals surface area contributed by atoms with Crippen LogP contribution in [0, 0.1) is 5.92 Å². The fraction of sp³-hybridized carbons (Fsp3) is 0.950. The van der Waals surface area contributed by atoms with Crippen LogP contribution < -0.4 is 5.32 Å². The number of sulfonamides is 1. The lowest BCUT2D eigenvalue weighted by atomic mass is 10.1. The van der Waals surface area contributed by atoms with Gasteiger partial charge in [-0.2, -0.15) is 0 Å². The van der Waals surface area contributed by atoms with Crippen LogP contribution in [0.4, 0.5) is 0 Å². The van der Waals surface area contributed by atoms with Crippen LogP contribution in [0.3, 0.4) is 0 Å². The van der Waals surface area contributed by atoms with Crippen LogP contribution in [0.5, 0.6) is 0 Å². The summed E-state index contributed by atoms with van der Waals surface area (Å²) in [5, 5.41) is 3.40. The van der Waals surface area contributed by atoms with Crippen LogP contribution in [0.2, 0.25) is 0 Å². The highest BCUT2D eigenvalue weighted by Gasteiger charge is 2.29. The van der Waals surface area contributed by atoms with Gasteiger partial charge in [-0.05, 0) is 51.4 Å². The van der Waals surface area contributed by atoms with Gasteiger partial charge < -0.3 is 19.7 Å². The molecule has 3 aliphatic rings. The van der Waals surface area contributed by atoms with Crippen LogP contribution >= 0.6 is 24.0 Å². The number of hydrogen-bond donors (Lipinski definition) is 1. The largest absolute Gasteiger partial charge is 0.376 e. The number of ether oxygens (including phenoxy) is 2. The third-order valence-corrected chi connectivity index (χ3v) is 7.35. The van der Waals surface area contributed by atoms with Crippen molar-refractivity contribution in [3.05, 3.63) is 0 Å². The molecule has 10 heteroatoms. The van der Waals surface area contributed by atoms with E-state index in [0.717, 1.165) is 64.5 Å². The molecule has 3 heterocycles. The van der Waals surface area contributed by atoms with Crippen LogP contribution in [0.1, 0.15) is 45.4 Å². The van der Waals surface area contributed by atoms with Crippen molar-refractivity contribution in [2.24, 2.45) is 10.9 Å². The van der Waals surface area contributed by atoms with Crippen molar-refractivity contribution < 1.29 is 17.9 Å². The first-order valence-electron chi connectivity index (χ1n) is 11.2. The van der Waals surface area contributed by atoms with Gasteiger partial charge in [0.1, 0.15) is 0 Å². The van der Waals surface area contributed by atoms with E-state index in [2.05, 4.69) is 17.1 Å². The topological polar surface area (TPSA) is 83.5 Å². The molecule has 0 aromatic heterocycles. The Hall–Kier alpha value is -0.170. The van der Waals surface area contributed by atoms with Crippen LogP contribution in [-0.4, -0.2) is 94.5 Å². The number of rotatable bonds is 7. The molecular formula is C20H39IN4O4S. The Kier molecular flexibility index (Phi) is 11.1. The molecule has 0 aromatic rings. The van der Waals surface area contributed by atoms with Crippen molar-refractivity contribution in [3.63, 3.8) is 0 Å². The molecule has 0 radical (unpaired) electrons. The molecule has 3 aliphatic heterocycles. The molecule has 0 amide bonds. The van der Waals surface area contributed by atoms with Gasteiger partial charge >= 0.3 is 0 Å². The summed E-state index contributed by atoms with van der Waals surface area (Å²) in [5.74, 6) is 1.24. The number of hydrogen-bond acceptors (Lipinski definition) is 5. The second-order valence-corrected chi connectivity index (χ2v) is 10.5. The molecule has 2 atom stereocenters. The minimum absolute atomic E-state index is 0. The summed E-state index contributed by atoms with van der Waals surface area (Å²) in [6, 6.07) is 0. The third-order valence-electron chi connectivity index (χ3n) is 6.09. The molecule has 3 fully saturated rings. The lowest BCUT2D eigenvalue weighted by molar-refractivity contribution is -0.0721. The predicted octanol–water partition coefficient (Wildman–Crippen LogP) is 1.90. The summed E-state index contributed by atoms with van der Waals surface area (Å²) in [4.78, 5) is 7.14. The molecule has 3 saturated heterocycles. The SMILES string of the molecule is CCNC(=NCC1CCN(S(C)(=O)=O)C1)N1CCC(OCC2CCCCO2)CC1.I. The zero-order valence-corrected chi connectivity index (χ0v) is 21.6. The number of piperidine rings is 1. The molecule has 30 heavy (non-hydrogen) atoms.